The predicted octanol–water partition coefficient (Wildman–Crippen LogP) is 5.53. The van der Waals surface area contributed by atoms with Crippen molar-refractivity contribution >= 4 is 32.3 Å². The number of aliphatic hydroxyl groups excluding tert-OH is 1. The number of likely N-dealkylation sites (tertiary alicyclic amines) is 1. The number of benzene rings is 2. The van der Waals surface area contributed by atoms with Crippen LogP contribution in [0.15, 0.2) is 54.7 Å². The Morgan fingerprint density at radius 1 is 1.23 bits per heavy atom. The molecule has 0 spiro atoms. The summed E-state index contributed by atoms with van der Waals surface area (Å²) in [4.78, 5) is 6.79. The number of aliphatic hydroxyl groups is 1. The second-order valence-electron chi connectivity index (χ2n) is 8.53. The third-order valence-corrected chi connectivity index (χ3v) is 7.64. The first-order valence-electron chi connectivity index (χ1n) is 10.9. The van der Waals surface area contributed by atoms with Gasteiger partial charge in [-0.15, -0.1) is 11.3 Å². The van der Waals surface area contributed by atoms with E-state index in [1.165, 1.54) is 10.9 Å². The second-order valence-corrected chi connectivity index (χ2v) is 9.64. The fourth-order valence-electron chi connectivity index (χ4n) is 4.69. The first kappa shape index (κ1) is 20.5. The fourth-order valence-corrected chi connectivity index (χ4v) is 5.91. The average molecular weight is 439 g/mol. The number of piperidine rings is 1. The Morgan fingerprint density at radius 3 is 2.94 bits per heavy atom. The van der Waals surface area contributed by atoms with Gasteiger partial charge in [0, 0.05) is 44.6 Å². The molecule has 3 heterocycles. The molecule has 0 aliphatic carbocycles. The number of aromatic nitrogens is 1. The topological polar surface area (TPSA) is 48.5 Å². The molecule has 1 aliphatic rings. The van der Waals surface area contributed by atoms with Gasteiger partial charge in [0.2, 0.25) is 0 Å². The van der Waals surface area contributed by atoms with Crippen molar-refractivity contribution in [1.29, 1.82) is 0 Å². The van der Waals surface area contributed by atoms with Crippen LogP contribution in [0, 0.1) is 5.82 Å². The highest BCUT2D eigenvalue weighted by molar-refractivity contribution is 7.19. The van der Waals surface area contributed by atoms with Crippen LogP contribution < -0.4 is 4.74 Å². The Bertz CT molecular complexity index is 1190. The summed E-state index contributed by atoms with van der Waals surface area (Å²) in [6, 6.07) is 15.6. The van der Waals surface area contributed by atoms with E-state index in [1.807, 2.05) is 42.6 Å². The van der Waals surface area contributed by atoms with Gasteiger partial charge >= 0.3 is 0 Å². The number of aromatic amines is 1. The molecule has 6 heteroatoms. The van der Waals surface area contributed by atoms with Gasteiger partial charge in [0.15, 0.2) is 0 Å². The van der Waals surface area contributed by atoms with Crippen LogP contribution in [-0.4, -0.2) is 46.8 Å². The van der Waals surface area contributed by atoms with Crippen LogP contribution >= 0.6 is 11.3 Å². The van der Waals surface area contributed by atoms with Gasteiger partial charge in [0.05, 0.1) is 0 Å². The predicted molar refractivity (Wildman–Crippen MR) is 125 cm³/mol. The van der Waals surface area contributed by atoms with Gasteiger partial charge in [0.25, 0.3) is 0 Å². The lowest BCUT2D eigenvalue weighted by molar-refractivity contribution is 0.0408. The van der Waals surface area contributed by atoms with E-state index in [2.05, 4.69) is 16.8 Å². The third kappa shape index (κ3) is 4.20. The summed E-state index contributed by atoms with van der Waals surface area (Å²) in [5.74, 6) is 1.10. The van der Waals surface area contributed by atoms with Gasteiger partial charge in [-0.05, 0) is 68.6 Å². The lowest BCUT2D eigenvalue weighted by Crippen LogP contribution is -2.45. The Labute approximate surface area is 185 Å². The van der Waals surface area contributed by atoms with E-state index < -0.39 is 6.10 Å². The number of halogens is 1. The molecule has 2 aromatic heterocycles. The zero-order valence-corrected chi connectivity index (χ0v) is 18.4. The lowest BCUT2D eigenvalue weighted by atomic mass is 9.90. The van der Waals surface area contributed by atoms with Gasteiger partial charge in [-0.2, -0.15) is 0 Å². The maximum absolute atomic E-state index is 14.1. The monoisotopic (exact) mass is 438 g/mol. The molecule has 162 valence electrons. The van der Waals surface area contributed by atoms with Crippen molar-refractivity contribution in [2.45, 2.75) is 37.8 Å². The number of β-amino-alcohol motifs (C(OH)–C–C–N with tert-alkyl or cyclic N) is 1. The minimum Gasteiger partial charge on any atom is -0.490 e. The minimum absolute atomic E-state index is 0.135. The molecular formula is C25H27FN2O2S. The van der Waals surface area contributed by atoms with Gasteiger partial charge in [0.1, 0.15) is 24.3 Å². The number of nitrogens with zero attached hydrogens (tertiary/aromatic N) is 1. The molecule has 2 N–H and O–H groups in total. The molecule has 1 aliphatic heterocycles. The van der Waals surface area contributed by atoms with Crippen molar-refractivity contribution in [3.63, 3.8) is 0 Å². The van der Waals surface area contributed by atoms with Crippen LogP contribution in [0.4, 0.5) is 4.39 Å². The Morgan fingerprint density at radius 2 is 2.10 bits per heavy atom. The average Bonchev–Trinajstić information content (AvgIpc) is 3.41. The van der Waals surface area contributed by atoms with Gasteiger partial charge in [-0.1, -0.05) is 12.1 Å². The van der Waals surface area contributed by atoms with E-state index in [9.17, 15) is 9.50 Å². The van der Waals surface area contributed by atoms with E-state index in [0.717, 1.165) is 46.1 Å². The van der Waals surface area contributed by atoms with E-state index in [4.69, 9.17) is 4.74 Å². The molecular weight excluding hydrogens is 411 g/mol. The van der Waals surface area contributed by atoms with Gasteiger partial charge in [-0.3, -0.25) is 4.90 Å². The van der Waals surface area contributed by atoms with Gasteiger partial charge < -0.3 is 14.8 Å². The number of fused-ring (bicyclic) bond motifs is 2. The second kappa shape index (κ2) is 8.61. The van der Waals surface area contributed by atoms with Crippen LogP contribution in [0.2, 0.25) is 0 Å². The highest BCUT2D eigenvalue weighted by Crippen LogP contribution is 2.38. The number of thiophene rings is 1. The highest BCUT2D eigenvalue weighted by atomic mass is 32.1. The summed E-state index contributed by atoms with van der Waals surface area (Å²) in [6.45, 7) is 4.01. The first-order valence-corrected chi connectivity index (χ1v) is 11.7. The van der Waals surface area contributed by atoms with Crippen LogP contribution in [0.5, 0.6) is 5.75 Å². The van der Waals surface area contributed by atoms with Crippen LogP contribution in [0.3, 0.4) is 0 Å². The minimum atomic E-state index is -0.549. The number of rotatable bonds is 6. The summed E-state index contributed by atoms with van der Waals surface area (Å²) >= 11 is 1.71. The zero-order chi connectivity index (χ0) is 21.4. The van der Waals surface area contributed by atoms with Gasteiger partial charge in [-0.25, -0.2) is 4.39 Å². The molecule has 0 bridgehead atoms. The van der Waals surface area contributed by atoms with Crippen molar-refractivity contribution in [2.75, 3.05) is 19.7 Å². The molecule has 5 rings (SSSR count). The summed E-state index contributed by atoms with van der Waals surface area (Å²) in [5.41, 5.74) is 1.03. The van der Waals surface area contributed by atoms with E-state index >= 15 is 0 Å². The van der Waals surface area contributed by atoms with E-state index in [1.54, 1.807) is 17.4 Å². The number of hydrogen-bond donors (Lipinski definition) is 2. The summed E-state index contributed by atoms with van der Waals surface area (Å²) in [7, 11) is 0. The van der Waals surface area contributed by atoms with Crippen LogP contribution in [-0.2, 0) is 0 Å². The van der Waals surface area contributed by atoms with Crippen LogP contribution in [0.25, 0.3) is 21.0 Å². The molecule has 2 aromatic carbocycles. The molecule has 0 saturated carbocycles. The molecule has 31 heavy (non-hydrogen) atoms. The number of H-pyrrole nitrogens is 1. The largest absolute Gasteiger partial charge is 0.490 e. The van der Waals surface area contributed by atoms with Crippen molar-refractivity contribution in [1.82, 2.24) is 9.88 Å². The third-order valence-electron chi connectivity index (χ3n) is 6.37. The maximum Gasteiger partial charge on any atom is 0.131 e. The molecule has 4 aromatic rings. The quantitative estimate of drug-likeness (QED) is 0.416. The Balaban J connectivity index is 1.18. The molecule has 0 amide bonds. The fraction of sp³-hybridized carbons (Fsp3) is 0.360. The number of hydrogen-bond acceptors (Lipinski definition) is 4. The lowest BCUT2D eigenvalue weighted by Gasteiger charge is -2.38. The zero-order valence-electron chi connectivity index (χ0n) is 17.6. The smallest absolute Gasteiger partial charge is 0.131 e. The molecule has 0 radical (unpaired) electrons. The first-order chi connectivity index (χ1) is 15.1. The Kier molecular flexibility index (Phi) is 5.69. The summed E-state index contributed by atoms with van der Waals surface area (Å²) in [5, 5.41) is 12.4. The molecule has 1 fully saturated rings. The summed E-state index contributed by atoms with van der Waals surface area (Å²) < 4.78 is 21.0. The molecule has 3 unspecified atom stereocenters. The number of ether oxygens (including phenoxy) is 1. The highest BCUT2D eigenvalue weighted by Gasteiger charge is 2.29. The number of nitrogens with one attached hydrogen (secondary N) is 1. The van der Waals surface area contributed by atoms with Crippen LogP contribution in [0.1, 0.15) is 30.6 Å². The molecule has 3 atom stereocenters. The maximum atomic E-state index is 14.1. The SMILES string of the molecule is CC1CC(c2cc3c(F)cccc3s2)CCN1CC(O)COc1cccc2[nH]ccc12. The summed E-state index contributed by atoms with van der Waals surface area (Å²) in [6.07, 6.45) is 3.39. The Hall–Kier alpha value is -2.41. The van der Waals surface area contributed by atoms with Crippen molar-refractivity contribution in [3.8, 4) is 5.75 Å². The molecule has 4 nitrogen and oxygen atoms in total. The molecule has 1 saturated heterocycles. The van der Waals surface area contributed by atoms with E-state index in [-0.39, 0.29) is 12.4 Å². The normalized spacial score (nSPS) is 21.0. The van der Waals surface area contributed by atoms with Crippen molar-refractivity contribution < 1.29 is 14.2 Å². The van der Waals surface area contributed by atoms with Crippen molar-refractivity contribution in [2.24, 2.45) is 0 Å². The van der Waals surface area contributed by atoms with Crippen molar-refractivity contribution in [3.05, 3.63) is 65.4 Å². The van der Waals surface area contributed by atoms with E-state index in [0.29, 0.717) is 18.5 Å². The standard InChI is InChI=1S/C25H27FN2O2S/c1-16-12-17(25-13-20-21(26)4-2-7-24(20)31-25)9-11-28(16)14-18(29)15-30-23-6-3-5-22-19(23)8-10-27-22/h2-8,10,13,16-18,27,29H,9,11-12,14-15H2,1H3.